The second kappa shape index (κ2) is 5.47. The third-order valence-corrected chi connectivity index (χ3v) is 5.19. The lowest BCUT2D eigenvalue weighted by Crippen LogP contribution is -2.45. The average Bonchev–Trinajstić information content (AvgIpc) is 2.90. The molecule has 1 aromatic heterocycles. The molecule has 0 spiro atoms. The number of carbonyl (C=O) groups excluding carboxylic acids is 1. The lowest BCUT2D eigenvalue weighted by Gasteiger charge is -2.39. The Kier molecular flexibility index (Phi) is 3.77. The summed E-state index contributed by atoms with van der Waals surface area (Å²) < 4.78 is 1.75. The molecule has 0 aliphatic carbocycles. The van der Waals surface area contributed by atoms with Crippen molar-refractivity contribution in [2.75, 3.05) is 11.4 Å². The van der Waals surface area contributed by atoms with Gasteiger partial charge >= 0.3 is 0 Å². The number of hydrogen-bond donors (Lipinski definition) is 0. The summed E-state index contributed by atoms with van der Waals surface area (Å²) in [5.74, 6) is -0.0607. The van der Waals surface area contributed by atoms with Gasteiger partial charge in [0.05, 0.1) is 17.8 Å². The predicted octanol–water partition coefficient (Wildman–Crippen LogP) is 3.44. The van der Waals surface area contributed by atoms with E-state index in [1.165, 1.54) is 4.90 Å². The Morgan fingerprint density at radius 1 is 1.36 bits per heavy atom. The molecule has 2 aromatic rings. The summed E-state index contributed by atoms with van der Waals surface area (Å²) in [6, 6.07) is 8.15. The number of amides is 1. The molecule has 0 fully saturated rings. The third kappa shape index (κ3) is 2.77. The molecule has 116 valence electrons. The summed E-state index contributed by atoms with van der Waals surface area (Å²) in [5.41, 5.74) is 1.98. The van der Waals surface area contributed by atoms with E-state index in [-0.39, 0.29) is 16.6 Å². The summed E-state index contributed by atoms with van der Waals surface area (Å²) in [6.07, 6.45) is 3.69. The van der Waals surface area contributed by atoms with Gasteiger partial charge in [-0.3, -0.25) is 9.48 Å². The van der Waals surface area contributed by atoms with Crippen molar-refractivity contribution in [3.8, 4) is 0 Å². The smallest absolute Gasteiger partial charge is 0.234 e. The number of rotatable bonds is 2. The maximum absolute atomic E-state index is 13.0. The normalized spacial score (nSPS) is 17.9. The second-order valence-electron chi connectivity index (χ2n) is 6.42. The molecule has 1 aromatic carbocycles. The third-order valence-electron chi connectivity index (χ3n) is 3.94. The Hall–Kier alpha value is -1.75. The zero-order valence-corrected chi connectivity index (χ0v) is 14.2. The average molecular weight is 315 g/mol. The minimum Gasteiger partial charge on any atom is -0.309 e. The highest BCUT2D eigenvalue weighted by Gasteiger charge is 2.35. The minimum absolute atomic E-state index is 0.0126. The van der Waals surface area contributed by atoms with Gasteiger partial charge in [-0.25, -0.2) is 0 Å². The van der Waals surface area contributed by atoms with Crippen molar-refractivity contribution in [2.24, 2.45) is 7.05 Å². The van der Waals surface area contributed by atoms with Gasteiger partial charge in [0.1, 0.15) is 0 Å². The molecular weight excluding hydrogens is 294 g/mol. The molecule has 1 amide bonds. The molecule has 1 aliphatic heterocycles. The van der Waals surface area contributed by atoms with E-state index in [9.17, 15) is 4.79 Å². The number of nitrogens with zero attached hydrogens (tertiary/aromatic N) is 3. The Morgan fingerprint density at radius 3 is 2.77 bits per heavy atom. The first-order valence-corrected chi connectivity index (χ1v) is 8.27. The van der Waals surface area contributed by atoms with Gasteiger partial charge in [-0.15, -0.1) is 11.8 Å². The van der Waals surface area contributed by atoms with Crippen LogP contribution in [-0.4, -0.2) is 27.0 Å². The molecule has 0 bridgehead atoms. The molecule has 0 saturated heterocycles. The summed E-state index contributed by atoms with van der Waals surface area (Å²) in [5, 5.41) is 4.18. The molecular formula is C17H21N3OS. The lowest BCUT2D eigenvalue weighted by molar-refractivity contribution is -0.119. The van der Waals surface area contributed by atoms with Crippen LogP contribution in [0.4, 0.5) is 5.69 Å². The highest BCUT2D eigenvalue weighted by Crippen LogP contribution is 2.44. The van der Waals surface area contributed by atoms with Crippen LogP contribution in [0.1, 0.15) is 32.3 Å². The standard InChI is InChI=1S/C17H21N3OS/c1-12(13-9-18-19(4)10-13)16(21)20-11-17(2,3)22-15-8-6-5-7-14(15)20/h5-10,12H,11H2,1-4H3/t12-/m1/s1. The summed E-state index contributed by atoms with van der Waals surface area (Å²) in [6.45, 7) is 7.04. The number of fused-ring (bicyclic) bond motifs is 1. The highest BCUT2D eigenvalue weighted by molar-refractivity contribution is 8.00. The van der Waals surface area contributed by atoms with Crippen LogP contribution in [-0.2, 0) is 11.8 Å². The van der Waals surface area contributed by atoms with Gasteiger partial charge < -0.3 is 4.90 Å². The molecule has 4 nitrogen and oxygen atoms in total. The predicted molar refractivity (Wildman–Crippen MR) is 90.4 cm³/mol. The summed E-state index contributed by atoms with van der Waals surface area (Å²) in [7, 11) is 1.87. The molecule has 0 unspecified atom stereocenters. The van der Waals surface area contributed by atoms with Crippen LogP contribution in [0.15, 0.2) is 41.6 Å². The largest absolute Gasteiger partial charge is 0.309 e. The van der Waals surface area contributed by atoms with Gasteiger partial charge in [0.15, 0.2) is 0 Å². The van der Waals surface area contributed by atoms with E-state index in [4.69, 9.17) is 0 Å². The van der Waals surface area contributed by atoms with Crippen LogP contribution in [0.3, 0.4) is 0 Å². The molecule has 1 aliphatic rings. The van der Waals surface area contributed by atoms with E-state index in [1.54, 1.807) is 10.9 Å². The summed E-state index contributed by atoms with van der Waals surface area (Å²) in [4.78, 5) is 16.1. The molecule has 1 atom stereocenters. The Bertz CT molecular complexity index is 707. The maximum atomic E-state index is 13.0. The first-order valence-electron chi connectivity index (χ1n) is 7.45. The van der Waals surface area contributed by atoms with Crippen LogP contribution in [0.5, 0.6) is 0 Å². The van der Waals surface area contributed by atoms with Gasteiger partial charge in [-0.05, 0) is 32.9 Å². The summed E-state index contributed by atoms with van der Waals surface area (Å²) >= 11 is 1.84. The van der Waals surface area contributed by atoms with Crippen molar-refractivity contribution < 1.29 is 4.79 Å². The fourth-order valence-corrected chi connectivity index (χ4v) is 4.02. The Morgan fingerprint density at radius 2 is 2.09 bits per heavy atom. The second-order valence-corrected chi connectivity index (χ2v) is 8.17. The SMILES string of the molecule is C[C@@H](C(=O)N1CC(C)(C)Sc2ccccc21)c1cnn(C)c1. The topological polar surface area (TPSA) is 38.1 Å². The monoisotopic (exact) mass is 315 g/mol. The number of aromatic nitrogens is 2. The highest BCUT2D eigenvalue weighted by atomic mass is 32.2. The van der Waals surface area contributed by atoms with E-state index in [0.29, 0.717) is 0 Å². The Labute approximate surface area is 135 Å². The van der Waals surface area contributed by atoms with Crippen LogP contribution < -0.4 is 4.90 Å². The van der Waals surface area contributed by atoms with E-state index in [2.05, 4.69) is 25.0 Å². The first-order chi connectivity index (χ1) is 10.4. The van der Waals surface area contributed by atoms with Gasteiger partial charge in [-0.2, -0.15) is 5.10 Å². The molecule has 2 heterocycles. The number of carbonyl (C=O) groups is 1. The number of aryl methyl sites for hydroxylation is 1. The van der Waals surface area contributed by atoms with Crippen LogP contribution >= 0.6 is 11.8 Å². The molecule has 5 heteroatoms. The van der Waals surface area contributed by atoms with Gasteiger partial charge in [0, 0.05) is 35.0 Å². The maximum Gasteiger partial charge on any atom is 0.234 e. The number of hydrogen-bond acceptors (Lipinski definition) is 3. The van der Waals surface area contributed by atoms with Crippen LogP contribution in [0.2, 0.25) is 0 Å². The first kappa shape index (κ1) is 15.2. The zero-order chi connectivity index (χ0) is 15.9. The fourth-order valence-electron chi connectivity index (χ4n) is 2.80. The van der Waals surface area contributed by atoms with E-state index in [0.717, 1.165) is 17.8 Å². The van der Waals surface area contributed by atoms with Crippen molar-refractivity contribution in [1.82, 2.24) is 9.78 Å². The van der Waals surface area contributed by atoms with Crippen molar-refractivity contribution in [2.45, 2.75) is 36.3 Å². The van der Waals surface area contributed by atoms with Crippen LogP contribution in [0, 0.1) is 0 Å². The van der Waals surface area contributed by atoms with Gasteiger partial charge in [0.25, 0.3) is 0 Å². The minimum atomic E-state index is -0.194. The lowest BCUT2D eigenvalue weighted by atomic mass is 10.0. The molecule has 0 N–H and O–H groups in total. The van der Waals surface area contributed by atoms with Gasteiger partial charge in [-0.1, -0.05) is 12.1 Å². The van der Waals surface area contributed by atoms with E-state index >= 15 is 0 Å². The fraction of sp³-hybridized carbons (Fsp3) is 0.412. The van der Waals surface area contributed by atoms with Crippen molar-refractivity contribution in [3.05, 3.63) is 42.2 Å². The number of benzene rings is 1. The molecule has 3 rings (SSSR count). The van der Waals surface area contributed by atoms with E-state index in [1.807, 2.05) is 55.0 Å². The van der Waals surface area contributed by atoms with Crippen molar-refractivity contribution in [3.63, 3.8) is 0 Å². The number of thioether (sulfide) groups is 1. The number of anilines is 1. The van der Waals surface area contributed by atoms with Crippen molar-refractivity contribution >= 4 is 23.4 Å². The zero-order valence-electron chi connectivity index (χ0n) is 13.4. The Balaban J connectivity index is 1.95. The molecule has 0 radical (unpaired) electrons. The van der Waals surface area contributed by atoms with E-state index < -0.39 is 0 Å². The van der Waals surface area contributed by atoms with Crippen molar-refractivity contribution in [1.29, 1.82) is 0 Å². The quantitative estimate of drug-likeness (QED) is 0.852. The van der Waals surface area contributed by atoms with Crippen LogP contribution in [0.25, 0.3) is 0 Å². The molecule has 0 saturated carbocycles. The van der Waals surface area contributed by atoms with Gasteiger partial charge in [0.2, 0.25) is 5.91 Å². The number of para-hydroxylation sites is 1. The molecule has 22 heavy (non-hydrogen) atoms.